The van der Waals surface area contributed by atoms with Crippen molar-refractivity contribution in [1.82, 2.24) is 0 Å². The second-order valence-electron chi connectivity index (χ2n) is 0. The number of hydrogen-bond donors (Lipinski definition) is 0. The van der Waals surface area contributed by atoms with Gasteiger partial charge in [0.1, 0.15) is 0 Å². The van der Waals surface area contributed by atoms with Crippen LogP contribution in [-0.2, 0) is 66.1 Å². The molecule has 0 rings (SSSR count). The molecule has 0 aliphatic rings. The van der Waals surface area contributed by atoms with Crippen LogP contribution in [-0.4, -0.2) is 25.8 Å². The Morgan fingerprint density at radius 1 is 0.667 bits per heavy atom. The number of rotatable bonds is 0. The van der Waals surface area contributed by atoms with Crippen LogP contribution in [0.15, 0.2) is 0 Å². The average Bonchev–Trinajstić information content (AvgIpc) is 0. The smallest absolute Gasteiger partial charge is 2.00 e. The van der Waals surface area contributed by atoms with Crippen molar-refractivity contribution < 1.29 is 66.1 Å². The van der Waals surface area contributed by atoms with E-state index in [-0.39, 0.29) is 92.0 Å². The van der Waals surface area contributed by atoms with Crippen molar-refractivity contribution >= 4 is 25.8 Å². The normalized spacial score (nSPS) is 0. The van der Waals surface area contributed by atoms with Gasteiger partial charge in [0.05, 0.1) is 0 Å². The Labute approximate surface area is 90.6 Å². The van der Waals surface area contributed by atoms with Crippen LogP contribution in [0.3, 0.4) is 0 Å². The Kier molecular flexibility index (Phi) is 693. The summed E-state index contributed by atoms with van der Waals surface area (Å²) >= 11 is 0. The molecule has 0 aliphatic carbocycles. The summed E-state index contributed by atoms with van der Waals surface area (Å²) < 4.78 is 0. The fourth-order valence-corrected chi connectivity index (χ4v) is 0. The van der Waals surface area contributed by atoms with Crippen LogP contribution in [0.1, 0.15) is 0 Å². The third-order valence-corrected chi connectivity index (χ3v) is 0. The van der Waals surface area contributed by atoms with Gasteiger partial charge in [0.25, 0.3) is 0 Å². The van der Waals surface area contributed by atoms with Crippen LogP contribution in [0.2, 0.25) is 0 Å². The molecule has 0 spiro atoms. The first-order valence-electron chi connectivity index (χ1n) is 0. The Morgan fingerprint density at radius 2 is 0.667 bits per heavy atom. The van der Waals surface area contributed by atoms with E-state index in [0.717, 1.165) is 0 Å². The zero-order chi connectivity index (χ0) is 0. The summed E-state index contributed by atoms with van der Waals surface area (Å²) in [7, 11) is 0. The van der Waals surface area contributed by atoms with Gasteiger partial charge in [-0.3, -0.25) is 0 Å². The first kappa shape index (κ1) is 79.4. The first-order chi connectivity index (χ1) is 0. The molecule has 0 aromatic heterocycles. The van der Waals surface area contributed by atoms with Crippen LogP contribution in [0.4, 0.5) is 0 Å². The molecule has 0 unspecified atom stereocenters. The zero-order valence-electron chi connectivity index (χ0n) is 2.81. The van der Waals surface area contributed by atoms with Gasteiger partial charge in [-0.2, -0.15) is 0 Å². The molecule has 0 atom stereocenters. The Hall–Kier alpha value is 2.41. The van der Waals surface area contributed by atoms with Gasteiger partial charge in [-0.05, 0) is 0 Å². The van der Waals surface area contributed by atoms with Gasteiger partial charge in [-0.1, -0.05) is 0 Å². The molecule has 0 saturated carbocycles. The van der Waals surface area contributed by atoms with E-state index in [1.54, 1.807) is 0 Å². The molecule has 0 aromatic carbocycles. The molecule has 0 bridgehead atoms. The molecule has 0 radical (unpaired) electrons. The zero-order valence-corrected chi connectivity index (χ0v) is 11.6. The van der Waals surface area contributed by atoms with Crippen molar-refractivity contribution in [2.75, 3.05) is 0 Å². The summed E-state index contributed by atoms with van der Waals surface area (Å²) in [4.78, 5) is 0. The van der Waals surface area contributed by atoms with Gasteiger partial charge in [-0.25, -0.2) is 0 Å². The summed E-state index contributed by atoms with van der Waals surface area (Å²) in [5, 5.41) is 0. The molecular weight excluding hydrogens is 383 g/mol. The maximum absolute atomic E-state index is 0. The Balaban J connectivity index is 0. The molecule has 0 saturated heterocycles. The van der Waals surface area contributed by atoms with E-state index in [9.17, 15) is 0 Å². The third-order valence-electron chi connectivity index (χ3n) is 0. The summed E-state index contributed by atoms with van der Waals surface area (Å²) in [5.74, 6) is 0. The minimum absolute atomic E-state index is 0. The van der Waals surface area contributed by atoms with E-state index in [0.29, 0.717) is 0 Å². The minimum atomic E-state index is 0. The van der Waals surface area contributed by atoms with Gasteiger partial charge < -0.3 is 16.4 Å². The van der Waals surface area contributed by atoms with Crippen molar-refractivity contribution in [3.05, 3.63) is 0 Å². The largest absolute Gasteiger partial charge is 3.00 e. The minimum Gasteiger partial charge on any atom is -2.00 e. The van der Waals surface area contributed by atoms with E-state index in [4.69, 9.17) is 0 Å². The van der Waals surface area contributed by atoms with E-state index in [1.807, 2.05) is 0 Å². The van der Waals surface area contributed by atoms with Crippen LogP contribution >= 0.6 is 0 Å². The van der Waals surface area contributed by atoms with Crippen molar-refractivity contribution in [1.29, 1.82) is 0 Å². The Bertz CT molecular complexity index is 10.8. The van der Waals surface area contributed by atoms with E-state index in [2.05, 4.69) is 0 Å². The Morgan fingerprint density at radius 3 is 0.667 bits per heavy atom. The molecule has 0 fully saturated rings. The predicted octanol–water partition coefficient (Wildman–Crippen LogP) is -0.742. The summed E-state index contributed by atoms with van der Waals surface area (Å²) in [6, 6.07) is 0. The second-order valence-corrected chi connectivity index (χ2v) is 0. The van der Waals surface area contributed by atoms with E-state index >= 15 is 0 Å². The third kappa shape index (κ3) is 32.3. The van der Waals surface area contributed by atoms with Crippen LogP contribution in [0.25, 0.3) is 0 Å². The van der Waals surface area contributed by atoms with Crippen LogP contribution in [0, 0.1) is 0 Å². The van der Waals surface area contributed by atoms with Gasteiger partial charge in [-0.15, -0.1) is 0 Å². The second kappa shape index (κ2) is 52.4. The van der Waals surface area contributed by atoms with Crippen LogP contribution in [0.5, 0.6) is 0 Å². The van der Waals surface area contributed by atoms with Gasteiger partial charge >= 0.3 is 75.5 Å². The molecule has 6 heavy (non-hydrogen) atoms. The fourth-order valence-electron chi connectivity index (χ4n) is 0. The molecule has 0 aliphatic heterocycles. The van der Waals surface area contributed by atoms with E-state index in [1.165, 1.54) is 0 Å². The van der Waals surface area contributed by atoms with Gasteiger partial charge in [0.15, 0.2) is 0 Å². The standard InChI is InChI=1S/Ag.Cd.In.3O/q+1;+2;+3;3*-2. The maximum atomic E-state index is 0. The number of hydrogen-bond acceptors (Lipinski definition) is 0. The average molecular weight is 383 g/mol. The molecule has 34 valence electrons. The molecular formula is AgCdInO3. The van der Waals surface area contributed by atoms with Crippen molar-refractivity contribution in [2.24, 2.45) is 0 Å². The molecule has 3 nitrogen and oxygen atoms in total. The quantitative estimate of drug-likeness (QED) is 0.494. The van der Waals surface area contributed by atoms with Gasteiger partial charge in [0, 0.05) is 0 Å². The maximum Gasteiger partial charge on any atom is 3.00 e. The van der Waals surface area contributed by atoms with E-state index < -0.39 is 0 Å². The molecule has 0 N–H and O–H groups in total. The molecule has 0 aromatic rings. The van der Waals surface area contributed by atoms with Crippen molar-refractivity contribution in [3.8, 4) is 0 Å². The summed E-state index contributed by atoms with van der Waals surface area (Å²) in [6.45, 7) is 0. The predicted molar refractivity (Wildman–Crippen MR) is 7.81 cm³/mol. The first-order valence-corrected chi connectivity index (χ1v) is 0. The molecule has 0 heterocycles. The molecule has 6 heteroatoms. The van der Waals surface area contributed by atoms with Crippen LogP contribution < -0.4 is 0 Å². The SMILES string of the molecule is [Ag+].[Cd+2].[In+3].[O-2].[O-2].[O-2]. The summed E-state index contributed by atoms with van der Waals surface area (Å²) in [5.41, 5.74) is 0. The van der Waals surface area contributed by atoms with Crippen molar-refractivity contribution in [2.45, 2.75) is 0 Å². The van der Waals surface area contributed by atoms with Crippen molar-refractivity contribution in [3.63, 3.8) is 0 Å². The summed E-state index contributed by atoms with van der Waals surface area (Å²) in [6.07, 6.45) is 0. The molecule has 0 amide bonds. The fraction of sp³-hybridized carbons (Fsp3) is 0. The topological polar surface area (TPSA) is 85.5 Å². The van der Waals surface area contributed by atoms with Gasteiger partial charge in [0.2, 0.25) is 0 Å². The monoisotopic (exact) mass is 384 g/mol.